The molecule has 0 spiro atoms. The van der Waals surface area contributed by atoms with Crippen LogP contribution in [0.5, 0.6) is 0 Å². The van der Waals surface area contributed by atoms with Gasteiger partial charge in [-0.3, -0.25) is 0 Å². The van der Waals surface area contributed by atoms with E-state index in [9.17, 15) is 17.6 Å². The van der Waals surface area contributed by atoms with Crippen molar-refractivity contribution in [3.63, 3.8) is 0 Å². The number of carbonyl (C=O) groups excluding carboxylic acids is 1. The average Bonchev–Trinajstić information content (AvgIpc) is 3.05. The van der Waals surface area contributed by atoms with Crippen LogP contribution in [0, 0.1) is 11.7 Å². The van der Waals surface area contributed by atoms with Crippen LogP contribution < -0.4 is 0 Å². The molecule has 0 N–H and O–H groups in total. The quantitative estimate of drug-likeness (QED) is 0.502. The van der Waals surface area contributed by atoms with Gasteiger partial charge in [-0.25, -0.2) is 17.6 Å². The highest BCUT2D eigenvalue weighted by Gasteiger charge is 2.42. The van der Waals surface area contributed by atoms with Crippen LogP contribution in [-0.4, -0.2) is 46.0 Å². The van der Waals surface area contributed by atoms with Gasteiger partial charge in [0, 0.05) is 20.7 Å². The summed E-state index contributed by atoms with van der Waals surface area (Å²) in [7, 11) is -5.15. The summed E-state index contributed by atoms with van der Waals surface area (Å²) in [6.45, 7) is 7.18. The molecule has 3 rings (SSSR count). The molecule has 1 aromatic carbocycles. The van der Waals surface area contributed by atoms with Gasteiger partial charge in [-0.05, 0) is 49.4 Å². The van der Waals surface area contributed by atoms with Crippen LogP contribution >= 0.6 is 0 Å². The highest BCUT2D eigenvalue weighted by Crippen LogP contribution is 2.39. The Kier molecular flexibility index (Phi) is 6.31. The molecule has 8 heteroatoms. The lowest BCUT2D eigenvalue weighted by atomic mass is 9.86. The van der Waals surface area contributed by atoms with E-state index in [1.54, 1.807) is 4.31 Å². The van der Waals surface area contributed by atoms with Gasteiger partial charge in [0.2, 0.25) is 10.0 Å². The number of esters is 1. The van der Waals surface area contributed by atoms with Crippen LogP contribution in [0.3, 0.4) is 0 Å². The molecule has 1 heterocycles. The topological polar surface area (TPSA) is 63.7 Å². The minimum atomic E-state index is -3.76. The second-order valence-corrected chi connectivity index (χ2v) is 16.6. The van der Waals surface area contributed by atoms with Gasteiger partial charge in [-0.2, -0.15) is 4.31 Å². The van der Waals surface area contributed by atoms with Gasteiger partial charge in [-0.1, -0.05) is 32.5 Å². The fraction of sp³-hybridized carbons (Fsp3) is 0.650. The highest BCUT2D eigenvalue weighted by atomic mass is 32.2. The van der Waals surface area contributed by atoms with E-state index >= 15 is 0 Å². The molecule has 2 atom stereocenters. The molecule has 2 unspecified atom stereocenters. The summed E-state index contributed by atoms with van der Waals surface area (Å²) in [4.78, 5) is 12.3. The SMILES string of the molecule is C[Si](C)(C)CCOC(=O)c1cc(S(=O)(=O)N2CCC3CCCCC32)ccc1F. The monoisotopic (exact) mass is 427 g/mol. The maximum absolute atomic E-state index is 14.2. The minimum Gasteiger partial charge on any atom is -0.462 e. The summed E-state index contributed by atoms with van der Waals surface area (Å²) in [5.74, 6) is -1.14. The zero-order valence-corrected chi connectivity index (χ0v) is 18.7. The average molecular weight is 428 g/mol. The Morgan fingerprint density at radius 1 is 1.21 bits per heavy atom. The first-order valence-electron chi connectivity index (χ1n) is 10.1. The first-order chi connectivity index (χ1) is 13.1. The van der Waals surface area contributed by atoms with E-state index in [-0.39, 0.29) is 23.1 Å². The summed E-state index contributed by atoms with van der Waals surface area (Å²) in [5, 5.41) is 0. The van der Waals surface area contributed by atoms with Gasteiger partial charge < -0.3 is 4.74 Å². The standard InChI is InChI=1S/C20H30FNO4SSi/c1-28(2,3)13-12-26-20(23)17-14-16(8-9-18(17)21)27(24,25)22-11-10-15-6-4-5-7-19(15)22/h8-9,14-15,19H,4-7,10-13H2,1-3H3. The number of nitrogens with zero attached hydrogens (tertiary/aromatic N) is 1. The molecule has 0 amide bonds. The summed E-state index contributed by atoms with van der Waals surface area (Å²) in [6, 6.07) is 4.24. The Hall–Kier alpha value is -1.25. The molecule has 5 nitrogen and oxygen atoms in total. The third-order valence-electron chi connectivity index (χ3n) is 5.81. The Bertz CT molecular complexity index is 837. The molecule has 0 aromatic heterocycles. The molecule has 2 fully saturated rings. The van der Waals surface area contributed by atoms with Crippen LogP contribution in [0.1, 0.15) is 42.5 Å². The van der Waals surface area contributed by atoms with Crippen molar-refractivity contribution < 1.29 is 22.3 Å². The van der Waals surface area contributed by atoms with Gasteiger partial charge >= 0.3 is 5.97 Å². The van der Waals surface area contributed by atoms with Crippen LogP contribution in [0.4, 0.5) is 4.39 Å². The first kappa shape index (κ1) is 21.5. The molecule has 1 aromatic rings. The number of hydrogen-bond donors (Lipinski definition) is 0. The summed E-state index contributed by atoms with van der Waals surface area (Å²) in [5.41, 5.74) is -0.309. The lowest BCUT2D eigenvalue weighted by Gasteiger charge is -2.31. The van der Waals surface area contributed by atoms with E-state index in [1.807, 2.05) is 0 Å². The van der Waals surface area contributed by atoms with E-state index in [0.717, 1.165) is 50.3 Å². The van der Waals surface area contributed by atoms with Crippen molar-refractivity contribution in [2.45, 2.75) is 68.7 Å². The molecule has 28 heavy (non-hydrogen) atoms. The number of fused-ring (bicyclic) bond motifs is 1. The fourth-order valence-electron chi connectivity index (χ4n) is 4.15. The molecule has 1 aliphatic heterocycles. The van der Waals surface area contributed by atoms with Crippen molar-refractivity contribution in [1.82, 2.24) is 4.31 Å². The molecule has 1 aliphatic carbocycles. The van der Waals surface area contributed by atoms with E-state index in [1.165, 1.54) is 6.07 Å². The predicted octanol–water partition coefficient (Wildman–Crippen LogP) is 4.27. The Labute approximate surface area is 168 Å². The molecule has 0 bridgehead atoms. The van der Waals surface area contributed by atoms with Crippen LogP contribution in [-0.2, 0) is 14.8 Å². The maximum atomic E-state index is 14.2. The molecule has 1 saturated carbocycles. The Morgan fingerprint density at radius 2 is 1.93 bits per heavy atom. The lowest BCUT2D eigenvalue weighted by Crippen LogP contribution is -2.39. The zero-order chi connectivity index (χ0) is 20.5. The third-order valence-corrected chi connectivity index (χ3v) is 9.43. The fourth-order valence-corrected chi connectivity index (χ4v) is 6.62. The predicted molar refractivity (Wildman–Crippen MR) is 109 cm³/mol. The molecule has 1 saturated heterocycles. The van der Waals surface area contributed by atoms with Crippen LogP contribution in [0.2, 0.25) is 25.7 Å². The van der Waals surface area contributed by atoms with E-state index in [2.05, 4.69) is 19.6 Å². The van der Waals surface area contributed by atoms with Crippen molar-refractivity contribution in [3.05, 3.63) is 29.6 Å². The number of halogens is 1. The summed E-state index contributed by atoms with van der Waals surface area (Å²) in [6.07, 6.45) is 4.99. The molecule has 2 aliphatic rings. The van der Waals surface area contributed by atoms with Crippen molar-refractivity contribution in [1.29, 1.82) is 0 Å². The normalized spacial score (nSPS) is 23.4. The van der Waals surface area contributed by atoms with Crippen molar-refractivity contribution >= 4 is 24.1 Å². The summed E-state index contributed by atoms with van der Waals surface area (Å²) < 4.78 is 47.3. The number of hydrogen-bond acceptors (Lipinski definition) is 4. The number of ether oxygens (including phenoxy) is 1. The zero-order valence-electron chi connectivity index (χ0n) is 16.9. The van der Waals surface area contributed by atoms with Gasteiger partial charge in [0.05, 0.1) is 17.1 Å². The highest BCUT2D eigenvalue weighted by molar-refractivity contribution is 7.89. The third kappa shape index (κ3) is 4.66. The smallest absolute Gasteiger partial charge is 0.341 e. The molecule has 0 radical (unpaired) electrons. The minimum absolute atomic E-state index is 0.0240. The van der Waals surface area contributed by atoms with Crippen molar-refractivity contribution in [2.75, 3.05) is 13.2 Å². The molecular weight excluding hydrogens is 397 g/mol. The number of sulfonamides is 1. The maximum Gasteiger partial charge on any atom is 0.341 e. The number of rotatable bonds is 6. The van der Waals surface area contributed by atoms with Crippen molar-refractivity contribution in [3.8, 4) is 0 Å². The van der Waals surface area contributed by atoms with E-state index < -0.39 is 29.9 Å². The van der Waals surface area contributed by atoms with Gasteiger partial charge in [-0.15, -0.1) is 0 Å². The largest absolute Gasteiger partial charge is 0.462 e. The number of benzene rings is 1. The lowest BCUT2D eigenvalue weighted by molar-refractivity contribution is 0.0519. The second-order valence-electron chi connectivity index (χ2n) is 9.10. The van der Waals surface area contributed by atoms with E-state index in [0.29, 0.717) is 12.5 Å². The van der Waals surface area contributed by atoms with Crippen molar-refractivity contribution in [2.24, 2.45) is 5.92 Å². The Morgan fingerprint density at radius 3 is 2.64 bits per heavy atom. The molecule has 156 valence electrons. The second kappa shape index (κ2) is 8.24. The van der Waals surface area contributed by atoms with Gasteiger partial charge in [0.15, 0.2) is 0 Å². The first-order valence-corrected chi connectivity index (χ1v) is 15.2. The van der Waals surface area contributed by atoms with Gasteiger partial charge in [0.1, 0.15) is 5.82 Å². The molecular formula is C20H30FNO4SSi. The van der Waals surface area contributed by atoms with E-state index in [4.69, 9.17) is 4.74 Å². The summed E-state index contributed by atoms with van der Waals surface area (Å²) >= 11 is 0. The van der Waals surface area contributed by atoms with Gasteiger partial charge in [0.25, 0.3) is 0 Å². The van der Waals surface area contributed by atoms with Crippen LogP contribution in [0.25, 0.3) is 0 Å². The van der Waals surface area contributed by atoms with Crippen LogP contribution in [0.15, 0.2) is 23.1 Å². The number of carbonyl (C=O) groups is 1. The Balaban J connectivity index is 1.79.